The number of carbonyl (C=O) groups excluding carboxylic acids is 7. The van der Waals surface area contributed by atoms with Crippen LogP contribution in [0.25, 0.3) is 0 Å². The third-order valence-electron chi connectivity index (χ3n) is 10.8. The summed E-state index contributed by atoms with van der Waals surface area (Å²) in [7, 11) is -4.06. The molecule has 4 rings (SSSR count). The Bertz CT molecular complexity index is 2050. The molecule has 0 bridgehead atoms. The average Bonchev–Trinajstić information content (AvgIpc) is 3.80. The number of primary amides is 1. The molecule has 28 nitrogen and oxygen atoms in total. The standard InChI is InChI=1S/C35H52N8O20S/c1-12(44)23-34(58)43-11-14(45)8-16(43)30(54)40-25(28(52)27(51)13-3-4-17(46)21(7-13)63-64(60,61)62)32(56)39-24(19(48)10-22(36)50)35(59)42-6-5-18(47)26(42)33(57)41-31(55)20(49)9-15(37-2)29(53)38-23/h3-4,7,12,14-16,18-20,23-28,31,37,44-49,51-52,55H,5-6,8-11H2,1-2H3,(H2,36,50)(H,38,53)(H,39,56)(H,40,54)(H,41,57)(H,60,61,62). The molecule has 0 spiro atoms. The van der Waals surface area contributed by atoms with E-state index in [0.29, 0.717) is 15.9 Å². The number of aromatic hydroxyl groups is 1. The zero-order valence-electron chi connectivity index (χ0n) is 34.0. The number of rotatable bonds is 10. The molecule has 64 heavy (non-hydrogen) atoms. The molecule has 0 aliphatic carbocycles. The number of hydrogen-bond donors (Lipinski definition) is 16. The summed E-state index contributed by atoms with van der Waals surface area (Å²) in [6.07, 6.45) is -19.0. The minimum absolute atomic E-state index is 0.330. The molecule has 1 aromatic rings. The molecule has 29 heteroatoms. The third kappa shape index (κ3) is 12.3. The van der Waals surface area contributed by atoms with Gasteiger partial charge in [0.2, 0.25) is 41.4 Å². The second-order valence-corrected chi connectivity index (χ2v) is 16.5. The molecular weight excluding hydrogens is 884 g/mol. The van der Waals surface area contributed by atoms with E-state index in [1.54, 1.807) is 0 Å². The molecule has 0 radical (unpaired) electrons. The number of likely N-dealkylation sites (N-methyl/N-ethyl adjacent to an activating group) is 1. The number of carbonyl (C=O) groups is 7. The maximum Gasteiger partial charge on any atom is 0.446 e. The van der Waals surface area contributed by atoms with Gasteiger partial charge in [0.25, 0.3) is 0 Å². The molecule has 3 fully saturated rings. The number of hydrogen-bond acceptors (Lipinski definition) is 20. The van der Waals surface area contributed by atoms with E-state index >= 15 is 0 Å². The maximum atomic E-state index is 14.3. The topological polar surface area (TPSA) is 458 Å². The van der Waals surface area contributed by atoms with Crippen molar-refractivity contribution in [2.75, 3.05) is 20.1 Å². The Balaban J connectivity index is 1.87. The van der Waals surface area contributed by atoms with Gasteiger partial charge in [-0.25, -0.2) is 0 Å². The number of aliphatic hydroxyl groups is 8. The van der Waals surface area contributed by atoms with Crippen LogP contribution in [0.4, 0.5) is 0 Å². The van der Waals surface area contributed by atoms with Crippen LogP contribution < -0.4 is 36.5 Å². The van der Waals surface area contributed by atoms with Gasteiger partial charge in [0.1, 0.15) is 48.5 Å². The van der Waals surface area contributed by atoms with Crippen molar-refractivity contribution in [1.82, 2.24) is 36.4 Å². The molecule has 3 saturated heterocycles. The molecule has 14 unspecified atom stereocenters. The van der Waals surface area contributed by atoms with Gasteiger partial charge >= 0.3 is 10.4 Å². The van der Waals surface area contributed by atoms with Gasteiger partial charge in [0.15, 0.2) is 17.7 Å². The number of nitrogens with one attached hydrogen (secondary N) is 5. The van der Waals surface area contributed by atoms with Crippen LogP contribution in [0.2, 0.25) is 0 Å². The maximum absolute atomic E-state index is 14.3. The minimum atomic E-state index is -5.30. The minimum Gasteiger partial charge on any atom is -0.504 e. The summed E-state index contributed by atoms with van der Waals surface area (Å²) in [5.41, 5.74) is 4.68. The molecule has 3 heterocycles. The molecule has 14 atom stereocenters. The van der Waals surface area contributed by atoms with E-state index in [2.05, 4.69) is 20.1 Å². The average molecular weight is 937 g/mol. The molecule has 3 aliphatic rings. The predicted molar refractivity (Wildman–Crippen MR) is 208 cm³/mol. The quantitative estimate of drug-likeness (QED) is 0.0969. The number of phenols is 1. The molecule has 0 aromatic heterocycles. The fraction of sp³-hybridized carbons (Fsp3) is 0.629. The highest BCUT2D eigenvalue weighted by molar-refractivity contribution is 7.81. The summed E-state index contributed by atoms with van der Waals surface area (Å²) in [5.74, 6) is -11.2. The Morgan fingerprint density at radius 2 is 1.47 bits per heavy atom. The van der Waals surface area contributed by atoms with E-state index in [0.717, 1.165) is 19.1 Å². The van der Waals surface area contributed by atoms with E-state index in [1.807, 2.05) is 10.6 Å². The van der Waals surface area contributed by atoms with Crippen molar-refractivity contribution in [3.05, 3.63) is 23.8 Å². The molecule has 0 saturated carbocycles. The first-order valence-corrected chi connectivity index (χ1v) is 20.8. The van der Waals surface area contributed by atoms with Crippen LogP contribution in [0.3, 0.4) is 0 Å². The lowest BCUT2D eigenvalue weighted by Gasteiger charge is -2.34. The number of nitrogens with zero attached hydrogens (tertiary/aromatic N) is 2. The van der Waals surface area contributed by atoms with Gasteiger partial charge in [-0.3, -0.25) is 38.1 Å². The van der Waals surface area contributed by atoms with Crippen molar-refractivity contribution in [1.29, 1.82) is 0 Å². The first-order valence-electron chi connectivity index (χ1n) is 19.5. The Morgan fingerprint density at radius 1 is 0.859 bits per heavy atom. The lowest BCUT2D eigenvalue weighted by Crippen LogP contribution is -2.64. The van der Waals surface area contributed by atoms with Crippen LogP contribution >= 0.6 is 0 Å². The fourth-order valence-electron chi connectivity index (χ4n) is 7.42. The monoisotopic (exact) mass is 936 g/mol. The Hall–Kier alpha value is -5.34. The van der Waals surface area contributed by atoms with Crippen molar-refractivity contribution in [3.63, 3.8) is 0 Å². The first kappa shape index (κ1) is 51.3. The number of aliphatic hydroxyl groups excluding tert-OH is 8. The van der Waals surface area contributed by atoms with E-state index < -0.39 is 186 Å². The number of phenolic OH excluding ortho intramolecular Hbond substituents is 1. The molecule has 1 aromatic carbocycles. The van der Waals surface area contributed by atoms with Gasteiger partial charge in [-0.05, 0) is 38.1 Å². The van der Waals surface area contributed by atoms with Crippen LogP contribution in [0, 0.1) is 0 Å². The number of fused-ring (bicyclic) bond motifs is 2. The third-order valence-corrected chi connectivity index (χ3v) is 11.1. The lowest BCUT2D eigenvalue weighted by atomic mass is 9.96. The highest BCUT2D eigenvalue weighted by atomic mass is 32.3. The van der Waals surface area contributed by atoms with E-state index in [4.69, 9.17) is 10.3 Å². The van der Waals surface area contributed by atoms with Crippen LogP contribution in [0.15, 0.2) is 18.2 Å². The summed E-state index contributed by atoms with van der Waals surface area (Å²) in [6, 6.07) is -9.75. The Kier molecular flexibility index (Phi) is 16.9. The fourth-order valence-corrected chi connectivity index (χ4v) is 7.78. The van der Waals surface area contributed by atoms with Gasteiger partial charge in [-0.1, -0.05) is 6.07 Å². The Morgan fingerprint density at radius 3 is 2.06 bits per heavy atom. The molecule has 7 amide bonds. The van der Waals surface area contributed by atoms with Gasteiger partial charge in [-0.15, -0.1) is 0 Å². The van der Waals surface area contributed by atoms with Crippen molar-refractivity contribution in [2.45, 2.75) is 118 Å². The van der Waals surface area contributed by atoms with Crippen molar-refractivity contribution >= 4 is 51.7 Å². The van der Waals surface area contributed by atoms with Gasteiger partial charge in [-0.2, -0.15) is 8.42 Å². The van der Waals surface area contributed by atoms with Gasteiger partial charge < -0.3 is 92.3 Å². The molecule has 358 valence electrons. The number of nitrogens with two attached hydrogens (primary N) is 1. The largest absolute Gasteiger partial charge is 0.504 e. The Labute approximate surface area is 363 Å². The molecule has 17 N–H and O–H groups in total. The zero-order valence-corrected chi connectivity index (χ0v) is 34.8. The molecule has 3 aliphatic heterocycles. The zero-order chi connectivity index (χ0) is 48.1. The van der Waals surface area contributed by atoms with Crippen molar-refractivity contribution in [2.24, 2.45) is 5.73 Å². The summed E-state index contributed by atoms with van der Waals surface area (Å²) in [4.78, 5) is 96.8. The summed E-state index contributed by atoms with van der Waals surface area (Å²) >= 11 is 0. The van der Waals surface area contributed by atoms with Crippen LogP contribution in [0.1, 0.15) is 44.3 Å². The summed E-state index contributed by atoms with van der Waals surface area (Å²) < 4.78 is 36.2. The van der Waals surface area contributed by atoms with Gasteiger partial charge in [0, 0.05) is 25.9 Å². The van der Waals surface area contributed by atoms with Crippen molar-refractivity contribution < 1.29 is 96.7 Å². The van der Waals surface area contributed by atoms with E-state index in [9.17, 15) is 87.9 Å². The summed E-state index contributed by atoms with van der Waals surface area (Å²) in [5, 5.41) is 109. The first-order chi connectivity index (χ1) is 29.8. The second kappa shape index (κ2) is 21.1. The normalized spacial score (nSPS) is 31.2. The lowest BCUT2D eigenvalue weighted by molar-refractivity contribution is -0.149. The molecular formula is C35H52N8O20S. The van der Waals surface area contributed by atoms with E-state index in [-0.39, 0.29) is 6.42 Å². The van der Waals surface area contributed by atoms with Crippen LogP contribution in [0.5, 0.6) is 11.5 Å². The second-order valence-electron chi connectivity index (χ2n) is 15.4. The number of benzene rings is 1. The van der Waals surface area contributed by atoms with Gasteiger partial charge in [0.05, 0.1) is 36.9 Å². The SMILES string of the molecule is CNC1CC(O)C(O)NC(=O)C2C(O)CCN2C(=O)C(C(O)CC(N)=O)NC(=O)C(C(O)C(O)c2ccc(O)c(OS(=O)(=O)O)c2)NC(=O)C2CC(O)CN2C(=O)C(C(C)O)NC1=O. The number of amides is 7. The van der Waals surface area contributed by atoms with Crippen LogP contribution in [-0.2, 0) is 44.0 Å². The smallest absolute Gasteiger partial charge is 0.446 e. The highest BCUT2D eigenvalue weighted by Gasteiger charge is 2.49. The summed E-state index contributed by atoms with van der Waals surface area (Å²) in [6.45, 7) is -0.0305. The predicted octanol–water partition coefficient (Wildman–Crippen LogP) is -9.25. The highest BCUT2D eigenvalue weighted by Crippen LogP contribution is 2.32. The van der Waals surface area contributed by atoms with Crippen molar-refractivity contribution in [3.8, 4) is 11.5 Å². The van der Waals surface area contributed by atoms with E-state index in [1.165, 1.54) is 7.05 Å². The van der Waals surface area contributed by atoms with Crippen LogP contribution in [-0.4, -0.2) is 209 Å².